The van der Waals surface area contributed by atoms with Crippen molar-refractivity contribution in [1.29, 1.82) is 0 Å². The SMILES string of the molecule is Cc1ccccc1-c1cc2cnc(NC3CCNCC3)nc2n(C2CCN(C(=O)NC(C)C)CC2)c1=O. The van der Waals surface area contributed by atoms with Crippen molar-refractivity contribution in [3.8, 4) is 11.1 Å². The highest BCUT2D eigenvalue weighted by Crippen LogP contribution is 2.29. The number of rotatable bonds is 5. The minimum atomic E-state index is -0.0521. The number of carbonyl (C=O) groups excluding carboxylic acids is 1. The molecule has 0 saturated carbocycles. The number of piperidine rings is 2. The Morgan fingerprint density at radius 1 is 1.08 bits per heavy atom. The van der Waals surface area contributed by atoms with Crippen LogP contribution in [0.15, 0.2) is 41.3 Å². The van der Waals surface area contributed by atoms with E-state index in [0.717, 1.165) is 42.4 Å². The number of anilines is 1. The lowest BCUT2D eigenvalue weighted by Crippen LogP contribution is -2.47. The zero-order chi connectivity index (χ0) is 25.9. The van der Waals surface area contributed by atoms with Crippen LogP contribution in [0.1, 0.15) is 51.1 Å². The number of hydrogen-bond donors (Lipinski definition) is 3. The summed E-state index contributed by atoms with van der Waals surface area (Å²) in [6.07, 6.45) is 5.24. The normalized spacial score (nSPS) is 17.4. The second-order valence-electron chi connectivity index (χ2n) is 10.5. The van der Waals surface area contributed by atoms with Gasteiger partial charge >= 0.3 is 6.03 Å². The highest BCUT2D eigenvalue weighted by atomic mass is 16.2. The van der Waals surface area contributed by atoms with Gasteiger partial charge in [0.1, 0.15) is 5.65 Å². The molecule has 37 heavy (non-hydrogen) atoms. The lowest BCUT2D eigenvalue weighted by Gasteiger charge is -2.34. The molecule has 0 spiro atoms. The highest BCUT2D eigenvalue weighted by molar-refractivity contribution is 5.82. The predicted octanol–water partition coefficient (Wildman–Crippen LogP) is 3.69. The molecule has 9 nitrogen and oxygen atoms in total. The number of aromatic nitrogens is 3. The number of fused-ring (bicyclic) bond motifs is 1. The van der Waals surface area contributed by atoms with Gasteiger partial charge in [-0.05, 0) is 76.7 Å². The summed E-state index contributed by atoms with van der Waals surface area (Å²) < 4.78 is 1.87. The zero-order valence-electron chi connectivity index (χ0n) is 22.0. The van der Waals surface area contributed by atoms with Gasteiger partial charge in [0.2, 0.25) is 5.95 Å². The third-order valence-electron chi connectivity index (χ3n) is 7.41. The van der Waals surface area contributed by atoms with Gasteiger partial charge in [-0.25, -0.2) is 9.78 Å². The number of pyridine rings is 1. The monoisotopic (exact) mass is 503 g/mol. The predicted molar refractivity (Wildman–Crippen MR) is 147 cm³/mol. The van der Waals surface area contributed by atoms with Crippen molar-refractivity contribution in [3.05, 3.63) is 52.4 Å². The molecule has 4 heterocycles. The number of hydrogen-bond acceptors (Lipinski definition) is 6. The standard InChI is InChI=1S/C28H37N7O2/c1-18(2)31-28(37)34-14-10-22(11-15-34)35-25-20(16-24(26(35)36)23-7-5-4-6-19(23)3)17-30-27(33-25)32-21-8-12-29-13-9-21/h4-7,16-18,21-22,29H,8-15H2,1-3H3,(H,31,37)(H,30,32,33). The summed E-state index contributed by atoms with van der Waals surface area (Å²) in [5.74, 6) is 0.560. The first kappa shape index (κ1) is 25.2. The van der Waals surface area contributed by atoms with Gasteiger partial charge in [0.05, 0.1) is 0 Å². The average Bonchev–Trinajstić information content (AvgIpc) is 2.89. The third-order valence-corrected chi connectivity index (χ3v) is 7.41. The molecule has 2 amide bonds. The molecule has 0 aliphatic carbocycles. The molecular formula is C28H37N7O2. The molecule has 196 valence electrons. The van der Waals surface area contributed by atoms with Crippen LogP contribution in [-0.2, 0) is 0 Å². The van der Waals surface area contributed by atoms with Crippen LogP contribution in [0.2, 0.25) is 0 Å². The maximum atomic E-state index is 14.1. The Morgan fingerprint density at radius 3 is 2.51 bits per heavy atom. The molecule has 0 unspecified atom stereocenters. The van der Waals surface area contributed by atoms with Crippen LogP contribution in [0.5, 0.6) is 0 Å². The molecule has 3 aromatic rings. The van der Waals surface area contributed by atoms with Gasteiger partial charge in [-0.3, -0.25) is 9.36 Å². The summed E-state index contributed by atoms with van der Waals surface area (Å²) in [6, 6.07) is 10.2. The summed E-state index contributed by atoms with van der Waals surface area (Å²) in [5.41, 5.74) is 3.25. The smallest absolute Gasteiger partial charge is 0.317 e. The van der Waals surface area contributed by atoms with Crippen LogP contribution < -0.4 is 21.5 Å². The van der Waals surface area contributed by atoms with E-state index in [1.807, 2.05) is 66.8 Å². The number of urea groups is 1. The van der Waals surface area contributed by atoms with Gasteiger partial charge in [-0.1, -0.05) is 24.3 Å². The highest BCUT2D eigenvalue weighted by Gasteiger charge is 2.27. The summed E-state index contributed by atoms with van der Waals surface area (Å²) in [6.45, 7) is 9.08. The Balaban J connectivity index is 1.53. The lowest BCUT2D eigenvalue weighted by molar-refractivity contribution is 0.169. The second kappa shape index (κ2) is 10.9. The number of benzene rings is 1. The Morgan fingerprint density at radius 2 is 1.81 bits per heavy atom. The molecule has 0 radical (unpaired) electrons. The molecule has 2 fully saturated rings. The van der Waals surface area contributed by atoms with Crippen LogP contribution in [0.25, 0.3) is 22.2 Å². The van der Waals surface area contributed by atoms with Crippen molar-refractivity contribution in [1.82, 2.24) is 30.1 Å². The number of nitrogens with zero attached hydrogens (tertiary/aromatic N) is 4. The first-order valence-electron chi connectivity index (χ1n) is 13.4. The maximum Gasteiger partial charge on any atom is 0.317 e. The zero-order valence-corrected chi connectivity index (χ0v) is 22.0. The fourth-order valence-electron chi connectivity index (χ4n) is 5.41. The number of amides is 2. The van der Waals surface area contributed by atoms with Crippen molar-refractivity contribution < 1.29 is 4.79 Å². The van der Waals surface area contributed by atoms with Crippen LogP contribution in [0, 0.1) is 6.92 Å². The van der Waals surface area contributed by atoms with E-state index in [2.05, 4.69) is 20.9 Å². The maximum absolute atomic E-state index is 14.1. The Bertz CT molecular complexity index is 1320. The van der Waals surface area contributed by atoms with E-state index in [-0.39, 0.29) is 23.7 Å². The van der Waals surface area contributed by atoms with Gasteiger partial charge in [0, 0.05) is 48.4 Å². The number of likely N-dealkylation sites (tertiary alicyclic amines) is 1. The molecular weight excluding hydrogens is 466 g/mol. The van der Waals surface area contributed by atoms with Crippen molar-refractivity contribution in [2.45, 2.75) is 64.6 Å². The van der Waals surface area contributed by atoms with Crippen LogP contribution in [0.4, 0.5) is 10.7 Å². The van der Waals surface area contributed by atoms with Crippen LogP contribution in [0.3, 0.4) is 0 Å². The van der Waals surface area contributed by atoms with Gasteiger partial charge in [-0.2, -0.15) is 4.98 Å². The van der Waals surface area contributed by atoms with Gasteiger partial charge in [0.25, 0.3) is 5.56 Å². The number of carbonyl (C=O) groups is 1. The van der Waals surface area contributed by atoms with Crippen LogP contribution >= 0.6 is 0 Å². The first-order valence-corrected chi connectivity index (χ1v) is 13.4. The lowest BCUT2D eigenvalue weighted by atomic mass is 9.99. The van der Waals surface area contributed by atoms with E-state index in [1.54, 1.807) is 0 Å². The quantitative estimate of drug-likeness (QED) is 0.491. The Kier molecular flexibility index (Phi) is 7.41. The van der Waals surface area contributed by atoms with Crippen molar-refractivity contribution in [2.24, 2.45) is 0 Å². The first-order chi connectivity index (χ1) is 17.9. The van der Waals surface area contributed by atoms with Gasteiger partial charge in [-0.15, -0.1) is 0 Å². The van der Waals surface area contributed by atoms with Crippen LogP contribution in [-0.4, -0.2) is 63.7 Å². The fraction of sp³-hybridized carbons (Fsp3) is 0.500. The molecule has 2 aliphatic rings. The van der Waals surface area contributed by atoms with Crippen molar-refractivity contribution >= 4 is 23.0 Å². The minimum absolute atomic E-state index is 0.0431. The molecule has 0 bridgehead atoms. The Hall–Kier alpha value is -3.46. The summed E-state index contributed by atoms with van der Waals surface area (Å²) in [7, 11) is 0. The van der Waals surface area contributed by atoms with Gasteiger partial charge < -0.3 is 20.9 Å². The Labute approximate surface area is 217 Å². The van der Waals surface area contributed by atoms with E-state index < -0.39 is 0 Å². The molecule has 0 atom stereocenters. The van der Waals surface area contributed by atoms with Crippen molar-refractivity contribution in [2.75, 3.05) is 31.5 Å². The minimum Gasteiger partial charge on any atom is -0.351 e. The fourth-order valence-corrected chi connectivity index (χ4v) is 5.41. The van der Waals surface area contributed by atoms with E-state index in [9.17, 15) is 9.59 Å². The molecule has 9 heteroatoms. The molecule has 2 aliphatic heterocycles. The molecule has 3 N–H and O–H groups in total. The molecule has 5 rings (SSSR count). The van der Waals surface area contributed by atoms with E-state index in [1.165, 1.54) is 0 Å². The number of nitrogens with one attached hydrogen (secondary N) is 3. The molecule has 2 saturated heterocycles. The molecule has 1 aromatic carbocycles. The van der Waals surface area contributed by atoms with Crippen molar-refractivity contribution in [3.63, 3.8) is 0 Å². The second-order valence-corrected chi connectivity index (χ2v) is 10.5. The van der Waals surface area contributed by atoms with E-state index >= 15 is 0 Å². The van der Waals surface area contributed by atoms with E-state index in [4.69, 9.17) is 4.98 Å². The molecule has 2 aromatic heterocycles. The van der Waals surface area contributed by atoms with E-state index in [0.29, 0.717) is 49.1 Å². The summed E-state index contributed by atoms with van der Waals surface area (Å²) in [5, 5.41) is 10.7. The topological polar surface area (TPSA) is 104 Å². The third kappa shape index (κ3) is 5.46. The summed E-state index contributed by atoms with van der Waals surface area (Å²) in [4.78, 5) is 38.0. The van der Waals surface area contributed by atoms with Gasteiger partial charge in [0.15, 0.2) is 0 Å². The average molecular weight is 504 g/mol. The largest absolute Gasteiger partial charge is 0.351 e. The number of aryl methyl sites for hydroxylation is 1. The summed E-state index contributed by atoms with van der Waals surface area (Å²) >= 11 is 0.